The van der Waals surface area contributed by atoms with Crippen LogP contribution in [0.2, 0.25) is 0 Å². The van der Waals surface area contributed by atoms with Crippen LogP contribution in [-0.4, -0.2) is 66.4 Å². The van der Waals surface area contributed by atoms with E-state index in [2.05, 4.69) is 4.98 Å². The van der Waals surface area contributed by atoms with Gasteiger partial charge in [-0.1, -0.05) is 0 Å². The van der Waals surface area contributed by atoms with Crippen LogP contribution in [-0.2, 0) is 19.1 Å². The molecule has 0 aromatic carbocycles. The maximum Gasteiger partial charge on any atom is 0.471 e. The van der Waals surface area contributed by atoms with Crippen LogP contribution in [0.1, 0.15) is 18.5 Å². The van der Waals surface area contributed by atoms with Crippen LogP contribution in [0.3, 0.4) is 0 Å². The third-order valence-electron chi connectivity index (χ3n) is 3.17. The average molecular weight is 394 g/mol. The van der Waals surface area contributed by atoms with Gasteiger partial charge in [0.2, 0.25) is 11.8 Å². The van der Waals surface area contributed by atoms with Crippen molar-refractivity contribution in [2.24, 2.45) is 0 Å². The van der Waals surface area contributed by atoms with Gasteiger partial charge in [0.15, 0.2) is 6.04 Å². The van der Waals surface area contributed by atoms with Crippen LogP contribution in [0.4, 0.5) is 13.2 Å². The lowest BCUT2D eigenvalue weighted by Gasteiger charge is -2.29. The van der Waals surface area contributed by atoms with E-state index in [1.165, 1.54) is 21.1 Å². The van der Waals surface area contributed by atoms with Crippen LogP contribution in [0.15, 0.2) is 12.1 Å². The molecule has 150 valence electrons. The summed E-state index contributed by atoms with van der Waals surface area (Å²) in [5.41, 5.74) is -0.226. The molecule has 9 nitrogen and oxygen atoms in total. The molecule has 1 heterocycles. The number of carbonyl (C=O) groups is 3. The minimum atomic E-state index is -5.42. The van der Waals surface area contributed by atoms with Crippen molar-refractivity contribution < 1.29 is 46.9 Å². The Hall–Kier alpha value is -3.05. The van der Waals surface area contributed by atoms with Gasteiger partial charge in [-0.25, -0.2) is 4.79 Å². The largest absolute Gasteiger partial charge is 0.481 e. The van der Waals surface area contributed by atoms with Gasteiger partial charge < -0.3 is 24.2 Å². The molecule has 0 aliphatic carbocycles. The number of carboxylic acid groups (broad SMARTS) is 1. The maximum absolute atomic E-state index is 13.0. The number of hydrogen-bond acceptors (Lipinski definition) is 7. The van der Waals surface area contributed by atoms with Crippen molar-refractivity contribution >= 4 is 17.8 Å². The number of nitrogens with zero attached hydrogens (tertiary/aromatic N) is 2. The number of methoxy groups -OCH3 is 2. The molecule has 12 heteroatoms. The topological polar surface area (TPSA) is 115 Å². The first-order valence-electron chi connectivity index (χ1n) is 7.41. The number of hydrogen-bond donors (Lipinski definition) is 1. The highest BCUT2D eigenvalue weighted by atomic mass is 19.4. The lowest BCUT2D eigenvalue weighted by Crippen LogP contribution is -2.48. The second kappa shape index (κ2) is 9.05. The van der Waals surface area contributed by atoms with E-state index < -0.39 is 36.6 Å². The Balaban J connectivity index is 3.59. The van der Waals surface area contributed by atoms with E-state index in [4.69, 9.17) is 19.3 Å². The number of esters is 1. The van der Waals surface area contributed by atoms with Gasteiger partial charge in [0.1, 0.15) is 6.54 Å². The fourth-order valence-electron chi connectivity index (χ4n) is 2.12. The Bertz CT molecular complexity index is 687. The fourth-order valence-corrected chi connectivity index (χ4v) is 2.12. The van der Waals surface area contributed by atoms with Crippen molar-refractivity contribution in [3.63, 3.8) is 0 Å². The number of rotatable bonds is 8. The summed E-state index contributed by atoms with van der Waals surface area (Å²) in [5.74, 6) is -5.79. The highest BCUT2D eigenvalue weighted by molar-refractivity contribution is 5.91. The summed E-state index contributed by atoms with van der Waals surface area (Å²) < 4.78 is 53.4. The Labute approximate surface area is 151 Å². The van der Waals surface area contributed by atoms with Gasteiger partial charge in [-0.3, -0.25) is 9.59 Å². The highest BCUT2D eigenvalue weighted by Crippen LogP contribution is 2.31. The molecular weight excluding hydrogens is 377 g/mol. The number of pyridine rings is 1. The molecule has 1 aromatic rings. The van der Waals surface area contributed by atoms with E-state index in [-0.39, 0.29) is 28.8 Å². The molecule has 0 aliphatic heterocycles. The van der Waals surface area contributed by atoms with Crippen LogP contribution in [0.25, 0.3) is 0 Å². The normalized spacial score (nSPS) is 12.1. The van der Waals surface area contributed by atoms with Crippen molar-refractivity contribution in [2.45, 2.75) is 19.1 Å². The highest BCUT2D eigenvalue weighted by Gasteiger charge is 2.48. The molecule has 1 unspecified atom stereocenters. The van der Waals surface area contributed by atoms with Crippen molar-refractivity contribution in [3.8, 4) is 11.8 Å². The fraction of sp³-hybridized carbons (Fsp3) is 0.467. The number of halogens is 3. The van der Waals surface area contributed by atoms with E-state index in [0.717, 1.165) is 12.1 Å². The number of carbonyl (C=O) groups excluding carboxylic acids is 2. The van der Waals surface area contributed by atoms with Gasteiger partial charge in [-0.2, -0.15) is 18.2 Å². The SMILES string of the molecule is CCOC(=O)C(c1cc(OC)nc(OC)c1)N(CC(=O)O)C(=O)C(F)(F)F. The molecule has 0 saturated carbocycles. The van der Waals surface area contributed by atoms with E-state index in [9.17, 15) is 27.6 Å². The Kier molecular flexibility index (Phi) is 7.37. The van der Waals surface area contributed by atoms with Crippen LogP contribution >= 0.6 is 0 Å². The molecule has 0 spiro atoms. The molecule has 1 amide bonds. The zero-order chi connectivity index (χ0) is 20.8. The first-order chi connectivity index (χ1) is 12.5. The van der Waals surface area contributed by atoms with Gasteiger partial charge in [0, 0.05) is 12.1 Å². The van der Waals surface area contributed by atoms with E-state index in [1.807, 2.05) is 0 Å². The summed E-state index contributed by atoms with van der Waals surface area (Å²) in [6, 6.07) is 0.131. The quantitative estimate of drug-likeness (QED) is 0.654. The monoisotopic (exact) mass is 394 g/mol. The smallest absolute Gasteiger partial charge is 0.471 e. The molecule has 1 N–H and O–H groups in total. The zero-order valence-corrected chi connectivity index (χ0v) is 14.6. The first kappa shape index (κ1) is 22.0. The maximum atomic E-state index is 13.0. The second-order valence-corrected chi connectivity index (χ2v) is 4.96. The summed E-state index contributed by atoms with van der Waals surface area (Å²) in [6.07, 6.45) is -5.42. The van der Waals surface area contributed by atoms with Gasteiger partial charge >= 0.3 is 24.0 Å². The number of amides is 1. The Morgan fingerprint density at radius 1 is 1.19 bits per heavy atom. The summed E-state index contributed by atoms with van der Waals surface area (Å²) in [6.45, 7) is -0.208. The van der Waals surface area contributed by atoms with E-state index in [1.54, 1.807) is 0 Å². The predicted molar refractivity (Wildman–Crippen MR) is 82.1 cm³/mol. The van der Waals surface area contributed by atoms with Crippen molar-refractivity contribution in [3.05, 3.63) is 17.7 Å². The van der Waals surface area contributed by atoms with Gasteiger partial charge in [-0.15, -0.1) is 0 Å². The summed E-state index contributed by atoms with van der Waals surface area (Å²) >= 11 is 0. The summed E-state index contributed by atoms with van der Waals surface area (Å²) in [5, 5.41) is 8.93. The van der Waals surface area contributed by atoms with Crippen molar-refractivity contribution in [1.29, 1.82) is 0 Å². The standard InChI is InChI=1S/C15H17F3N2O7/c1-4-27-13(23)12(8-5-9(25-2)19-10(6-8)26-3)20(7-11(21)22)14(24)15(16,17)18/h5-6,12H,4,7H2,1-3H3,(H,21,22). The number of aliphatic carboxylic acids is 1. The average Bonchev–Trinajstić information content (AvgIpc) is 2.59. The van der Waals surface area contributed by atoms with Gasteiger partial charge in [0.25, 0.3) is 0 Å². The third-order valence-corrected chi connectivity index (χ3v) is 3.17. The number of aromatic nitrogens is 1. The molecular formula is C15H17F3N2O7. The molecule has 1 aromatic heterocycles. The van der Waals surface area contributed by atoms with Gasteiger partial charge in [-0.05, 0) is 12.5 Å². The van der Waals surface area contributed by atoms with E-state index >= 15 is 0 Å². The first-order valence-corrected chi connectivity index (χ1v) is 7.41. The number of carboxylic acids is 1. The molecule has 1 atom stereocenters. The zero-order valence-electron chi connectivity index (χ0n) is 14.6. The molecule has 27 heavy (non-hydrogen) atoms. The Morgan fingerprint density at radius 3 is 2.07 bits per heavy atom. The molecule has 0 saturated heterocycles. The lowest BCUT2D eigenvalue weighted by atomic mass is 10.1. The lowest BCUT2D eigenvalue weighted by molar-refractivity contribution is -0.191. The molecule has 0 bridgehead atoms. The minimum absolute atomic E-state index is 0.131. The van der Waals surface area contributed by atoms with E-state index in [0.29, 0.717) is 0 Å². The van der Waals surface area contributed by atoms with Crippen LogP contribution in [0, 0.1) is 0 Å². The molecule has 0 radical (unpaired) electrons. The van der Waals surface area contributed by atoms with Crippen molar-refractivity contribution in [2.75, 3.05) is 27.4 Å². The Morgan fingerprint density at radius 2 is 1.70 bits per heavy atom. The molecule has 0 fully saturated rings. The second-order valence-electron chi connectivity index (χ2n) is 4.96. The third kappa shape index (κ3) is 5.72. The van der Waals surface area contributed by atoms with Gasteiger partial charge in [0.05, 0.1) is 20.8 Å². The summed E-state index contributed by atoms with van der Waals surface area (Å²) in [7, 11) is 2.42. The van der Waals surface area contributed by atoms with Crippen LogP contribution < -0.4 is 9.47 Å². The van der Waals surface area contributed by atoms with Crippen molar-refractivity contribution in [1.82, 2.24) is 9.88 Å². The summed E-state index contributed by atoms with van der Waals surface area (Å²) in [4.78, 5) is 38.8. The minimum Gasteiger partial charge on any atom is -0.481 e. The van der Waals surface area contributed by atoms with Crippen LogP contribution in [0.5, 0.6) is 11.8 Å². The molecule has 1 rings (SSSR count). The number of alkyl halides is 3. The number of ether oxygens (including phenoxy) is 3. The molecule has 0 aliphatic rings. The predicted octanol–water partition coefficient (Wildman–Crippen LogP) is 1.18.